The van der Waals surface area contributed by atoms with Crippen LogP contribution < -0.4 is 14.3 Å². The van der Waals surface area contributed by atoms with Gasteiger partial charge in [0.25, 0.3) is 0 Å². The van der Waals surface area contributed by atoms with Gasteiger partial charge in [-0.2, -0.15) is 0 Å². The predicted octanol–water partition coefficient (Wildman–Crippen LogP) is 3.40. The summed E-state index contributed by atoms with van der Waals surface area (Å²) in [5, 5.41) is 0. The van der Waals surface area contributed by atoms with Crippen LogP contribution in [0.5, 0.6) is 0 Å². The van der Waals surface area contributed by atoms with Crippen LogP contribution in [0.3, 0.4) is 0 Å². The molecule has 0 saturated heterocycles. The molecule has 4 aromatic rings. The third-order valence-electron chi connectivity index (χ3n) is 5.17. The summed E-state index contributed by atoms with van der Waals surface area (Å²) in [6.07, 6.45) is 0. The van der Waals surface area contributed by atoms with Crippen molar-refractivity contribution >= 4 is 60.1 Å². The van der Waals surface area contributed by atoms with Crippen molar-refractivity contribution in [1.29, 1.82) is 0 Å². The average molecular weight is 628 g/mol. The van der Waals surface area contributed by atoms with Crippen molar-refractivity contribution in [3.8, 4) is 0 Å². The molecule has 0 N–H and O–H groups in total. The van der Waals surface area contributed by atoms with Crippen LogP contribution in [0.25, 0.3) is 0 Å². The van der Waals surface area contributed by atoms with Crippen LogP contribution in [0, 0.1) is 0 Å². The molecule has 0 aliphatic heterocycles. The first-order valence-electron chi connectivity index (χ1n) is 9.85. The molecule has 0 aromatic heterocycles. The van der Waals surface area contributed by atoms with Crippen LogP contribution in [0.4, 0.5) is 0 Å². The molecule has 0 spiro atoms. The van der Waals surface area contributed by atoms with Gasteiger partial charge in [-0.1, -0.05) is 0 Å². The molecule has 0 saturated carbocycles. The summed E-state index contributed by atoms with van der Waals surface area (Å²) in [5.74, 6) is 0. The number of rotatable bonds is 7. The topological polar surface area (TPSA) is 18.5 Å². The van der Waals surface area contributed by atoms with E-state index in [0.717, 1.165) is 14.3 Å². The third kappa shape index (κ3) is 4.34. The number of benzene rings is 4. The standard InChI is InChI=1S/4C6H5.CH3O.ClH.O.2Sn/c4*1-2-4-6-5-3-1;1-2;;;;/h4*1-5H;1H3;1H;;;/q;;;;-1;;;2*+1/p-1. The Kier molecular flexibility index (Phi) is 7.21. The van der Waals surface area contributed by atoms with Crippen molar-refractivity contribution in [2.75, 3.05) is 7.11 Å². The minimum absolute atomic E-state index is 1.09. The van der Waals surface area contributed by atoms with Crippen LogP contribution in [-0.2, 0) is 4.49 Å². The zero-order valence-corrected chi connectivity index (χ0v) is 23.2. The summed E-state index contributed by atoms with van der Waals surface area (Å²) in [7, 11) is 9.39. The third-order valence-corrected chi connectivity index (χ3v) is 38.1. The van der Waals surface area contributed by atoms with Crippen LogP contribution in [0.2, 0.25) is 0 Å². The van der Waals surface area contributed by atoms with E-state index in [9.17, 15) is 0 Å². The Labute approximate surface area is 191 Å². The fourth-order valence-electron chi connectivity index (χ4n) is 3.66. The fourth-order valence-corrected chi connectivity index (χ4v) is 41.6. The molecule has 0 amide bonds. The molecule has 0 atom stereocenters. The molecule has 0 fully saturated rings. The first kappa shape index (κ1) is 21.9. The molecule has 4 aromatic carbocycles. The zero-order chi connectivity index (χ0) is 20.9. The average Bonchev–Trinajstić information content (AvgIpc) is 2.85. The summed E-state index contributed by atoms with van der Waals surface area (Å²) in [5.41, 5.74) is 0. The molecule has 0 radical (unpaired) electrons. The van der Waals surface area contributed by atoms with Crippen LogP contribution in [-0.4, -0.2) is 44.0 Å². The Morgan fingerprint density at radius 3 is 1.10 bits per heavy atom. The summed E-state index contributed by atoms with van der Waals surface area (Å²) in [6.45, 7) is 0. The number of halogens is 1. The number of hydrogen-bond donors (Lipinski definition) is 0. The van der Waals surface area contributed by atoms with E-state index >= 15 is 0 Å². The molecule has 4 rings (SSSR count). The minimum atomic E-state index is -4.06. The van der Waals surface area contributed by atoms with Crippen molar-refractivity contribution in [2.45, 2.75) is 0 Å². The normalized spacial score (nSPS) is 11.9. The fraction of sp³-hybridized carbons (Fsp3) is 0.0400. The van der Waals surface area contributed by atoms with Crippen molar-refractivity contribution < 1.29 is 4.49 Å². The first-order chi connectivity index (χ1) is 14.7. The summed E-state index contributed by atoms with van der Waals surface area (Å²) < 4.78 is 18.1. The molecule has 30 heavy (non-hydrogen) atoms. The van der Waals surface area contributed by atoms with E-state index in [0.29, 0.717) is 0 Å². The van der Waals surface area contributed by atoms with Gasteiger partial charge in [-0.15, -0.1) is 0 Å². The van der Waals surface area contributed by atoms with Crippen molar-refractivity contribution in [3.05, 3.63) is 121 Å². The van der Waals surface area contributed by atoms with Gasteiger partial charge < -0.3 is 0 Å². The van der Waals surface area contributed by atoms with Gasteiger partial charge in [-0.25, -0.2) is 0 Å². The maximum absolute atomic E-state index is 7.61. The van der Waals surface area contributed by atoms with Crippen LogP contribution in [0.1, 0.15) is 0 Å². The Morgan fingerprint density at radius 2 is 0.800 bits per heavy atom. The maximum atomic E-state index is 7.61. The van der Waals surface area contributed by atoms with E-state index in [2.05, 4.69) is 48.5 Å². The second-order valence-electron chi connectivity index (χ2n) is 6.98. The Bertz CT molecular complexity index is 982. The van der Waals surface area contributed by atoms with Gasteiger partial charge in [-0.3, -0.25) is 0 Å². The molecule has 150 valence electrons. The molecular weight excluding hydrogens is 605 g/mol. The van der Waals surface area contributed by atoms with Gasteiger partial charge in [0.2, 0.25) is 0 Å². The van der Waals surface area contributed by atoms with E-state index in [4.69, 9.17) is 13.4 Å². The van der Waals surface area contributed by atoms with E-state index in [-0.39, 0.29) is 0 Å². The van der Waals surface area contributed by atoms with Crippen LogP contribution in [0.15, 0.2) is 121 Å². The van der Waals surface area contributed by atoms with Gasteiger partial charge in [0.1, 0.15) is 0 Å². The molecule has 2 nitrogen and oxygen atoms in total. The molecular formula is C25H23ClO2Sn2. The van der Waals surface area contributed by atoms with Gasteiger partial charge in [0, 0.05) is 0 Å². The number of hydrogen-bond acceptors (Lipinski definition) is 2. The van der Waals surface area contributed by atoms with Crippen molar-refractivity contribution in [3.63, 3.8) is 0 Å². The quantitative estimate of drug-likeness (QED) is 0.293. The van der Waals surface area contributed by atoms with E-state index in [1.807, 2.05) is 72.8 Å². The predicted molar refractivity (Wildman–Crippen MR) is 130 cm³/mol. The van der Waals surface area contributed by atoms with E-state index < -0.39 is 36.9 Å². The monoisotopic (exact) mass is 630 g/mol. The molecule has 5 heteroatoms. The summed E-state index contributed by atoms with van der Waals surface area (Å²) >= 11 is -8.11. The van der Waals surface area contributed by atoms with Gasteiger partial charge in [0.15, 0.2) is 0 Å². The van der Waals surface area contributed by atoms with E-state index in [1.54, 1.807) is 7.11 Å². The SMILES string of the molecule is C[O][Sn]([O][Sn]([Cl])([c]1ccccc1)[c]1ccccc1)([c]1ccccc1)[c]1ccccc1. The second kappa shape index (κ2) is 9.87. The molecule has 0 heterocycles. The van der Waals surface area contributed by atoms with Crippen molar-refractivity contribution in [1.82, 2.24) is 0 Å². The molecule has 0 aliphatic rings. The molecule has 0 unspecified atom stereocenters. The van der Waals surface area contributed by atoms with E-state index in [1.165, 1.54) is 0 Å². The Balaban J connectivity index is 1.94. The van der Waals surface area contributed by atoms with Gasteiger partial charge >= 0.3 is 193 Å². The molecule has 0 bridgehead atoms. The summed E-state index contributed by atoms with van der Waals surface area (Å²) in [4.78, 5) is 0. The first-order valence-corrected chi connectivity index (χ1v) is 22.7. The van der Waals surface area contributed by atoms with Crippen LogP contribution >= 0.6 is 8.92 Å². The van der Waals surface area contributed by atoms with Crippen molar-refractivity contribution in [2.24, 2.45) is 0 Å². The summed E-state index contributed by atoms with van der Waals surface area (Å²) in [6, 6.07) is 41.2. The van der Waals surface area contributed by atoms with Gasteiger partial charge in [-0.05, 0) is 0 Å². The Morgan fingerprint density at radius 1 is 0.500 bits per heavy atom. The second-order valence-corrected chi connectivity index (χ2v) is 29.7. The Hall–Kier alpha value is -1.31. The van der Waals surface area contributed by atoms with Gasteiger partial charge in [0.05, 0.1) is 0 Å². The zero-order valence-electron chi connectivity index (χ0n) is 16.7. The molecule has 0 aliphatic carbocycles.